The summed E-state index contributed by atoms with van der Waals surface area (Å²) in [5.74, 6) is 1.64. The Morgan fingerprint density at radius 3 is 2.81 bits per heavy atom. The summed E-state index contributed by atoms with van der Waals surface area (Å²) in [7, 11) is 0. The lowest BCUT2D eigenvalue weighted by atomic mass is 10.0. The van der Waals surface area contributed by atoms with Crippen LogP contribution >= 0.6 is 11.6 Å². The summed E-state index contributed by atoms with van der Waals surface area (Å²) >= 11 is 6.04. The molecule has 1 aliphatic heterocycles. The Morgan fingerprint density at radius 2 is 1.92 bits per heavy atom. The highest BCUT2D eigenvalue weighted by atomic mass is 35.5. The highest BCUT2D eigenvalue weighted by molar-refractivity contribution is 6.30. The van der Waals surface area contributed by atoms with Crippen LogP contribution in [0.4, 0.5) is 11.8 Å². The highest BCUT2D eigenvalue weighted by Crippen LogP contribution is 2.22. The number of benzene rings is 2. The summed E-state index contributed by atoms with van der Waals surface area (Å²) in [5.41, 5.74) is 4.01. The number of hydrogen-bond acceptors (Lipinski definition) is 4. The molecule has 2 aromatic carbocycles. The van der Waals surface area contributed by atoms with Crippen molar-refractivity contribution in [2.24, 2.45) is 0 Å². The molecule has 0 atom stereocenters. The first-order chi connectivity index (χ1) is 12.8. The largest absolute Gasteiger partial charge is 0.370 e. The fraction of sp³-hybridized carbons (Fsp3) is 0.238. The first kappa shape index (κ1) is 16.9. The number of nitrogens with one attached hydrogen (secondary N) is 1. The minimum atomic E-state index is 0.775. The molecule has 1 aliphatic rings. The molecule has 5 heteroatoms. The third kappa shape index (κ3) is 3.97. The summed E-state index contributed by atoms with van der Waals surface area (Å²) in [6.07, 6.45) is 3.76. The van der Waals surface area contributed by atoms with Gasteiger partial charge in [-0.25, -0.2) is 4.98 Å². The topological polar surface area (TPSA) is 41.1 Å². The third-order valence-corrected chi connectivity index (χ3v) is 4.90. The molecule has 1 N–H and O–H groups in total. The minimum absolute atomic E-state index is 0.775. The Bertz CT molecular complexity index is 896. The summed E-state index contributed by atoms with van der Waals surface area (Å²) in [6.45, 7) is 2.62. The molecule has 2 heterocycles. The average molecular weight is 365 g/mol. The summed E-state index contributed by atoms with van der Waals surface area (Å²) in [6, 6.07) is 18.5. The van der Waals surface area contributed by atoms with E-state index in [9.17, 15) is 0 Å². The molecule has 0 radical (unpaired) electrons. The van der Waals surface area contributed by atoms with Crippen LogP contribution in [-0.4, -0.2) is 23.1 Å². The second kappa shape index (κ2) is 7.75. The SMILES string of the molecule is Clc1cccc(CCNc2ccnc(N3CCc4ccccc4C3)n2)c1. The van der Waals surface area contributed by atoms with Gasteiger partial charge in [0, 0.05) is 30.9 Å². The molecular formula is C21H21ClN4. The molecule has 4 nitrogen and oxygen atoms in total. The zero-order valence-electron chi connectivity index (χ0n) is 14.5. The fourth-order valence-electron chi connectivity index (χ4n) is 3.29. The van der Waals surface area contributed by atoms with Crippen LogP contribution in [0.3, 0.4) is 0 Å². The number of halogens is 1. The molecule has 4 rings (SSSR count). The standard InChI is InChI=1S/C21H21ClN4/c22-19-7-3-4-16(14-19)8-11-23-20-9-12-24-21(25-20)26-13-10-17-5-1-2-6-18(17)15-26/h1-7,9,12,14H,8,10-11,13,15H2,(H,23,24,25). The van der Waals surface area contributed by atoms with E-state index in [1.165, 1.54) is 16.7 Å². The van der Waals surface area contributed by atoms with Crippen LogP contribution in [0, 0.1) is 0 Å². The van der Waals surface area contributed by atoms with Crippen molar-refractivity contribution in [2.75, 3.05) is 23.3 Å². The molecule has 0 unspecified atom stereocenters. The second-order valence-electron chi connectivity index (χ2n) is 6.49. The number of anilines is 2. The van der Waals surface area contributed by atoms with E-state index >= 15 is 0 Å². The maximum Gasteiger partial charge on any atom is 0.227 e. The number of hydrogen-bond donors (Lipinski definition) is 1. The van der Waals surface area contributed by atoms with Crippen molar-refractivity contribution in [1.29, 1.82) is 0 Å². The predicted octanol–water partition coefficient (Wildman–Crippen LogP) is 4.35. The van der Waals surface area contributed by atoms with Crippen LogP contribution in [0.15, 0.2) is 60.8 Å². The molecule has 0 spiro atoms. The Morgan fingerprint density at radius 1 is 1.04 bits per heavy atom. The lowest BCUT2D eigenvalue weighted by Gasteiger charge is -2.28. The maximum atomic E-state index is 6.04. The quantitative estimate of drug-likeness (QED) is 0.730. The molecular weight excluding hydrogens is 344 g/mol. The van der Waals surface area contributed by atoms with Gasteiger partial charge in [-0.05, 0) is 47.7 Å². The van der Waals surface area contributed by atoms with Crippen molar-refractivity contribution >= 4 is 23.4 Å². The fourth-order valence-corrected chi connectivity index (χ4v) is 3.51. The van der Waals surface area contributed by atoms with Gasteiger partial charge in [0.05, 0.1) is 0 Å². The van der Waals surface area contributed by atoms with Crippen molar-refractivity contribution in [3.63, 3.8) is 0 Å². The third-order valence-electron chi connectivity index (χ3n) is 4.67. The normalized spacial score (nSPS) is 13.3. The minimum Gasteiger partial charge on any atom is -0.370 e. The van der Waals surface area contributed by atoms with Gasteiger partial charge >= 0.3 is 0 Å². The number of nitrogens with zero attached hydrogens (tertiary/aromatic N) is 3. The Kier molecular flexibility index (Phi) is 5.02. The molecule has 0 bridgehead atoms. The van der Waals surface area contributed by atoms with Gasteiger partial charge in [0.2, 0.25) is 5.95 Å². The van der Waals surface area contributed by atoms with Crippen LogP contribution < -0.4 is 10.2 Å². The molecule has 0 fully saturated rings. The molecule has 26 heavy (non-hydrogen) atoms. The van der Waals surface area contributed by atoms with Gasteiger partial charge in [-0.3, -0.25) is 0 Å². The highest BCUT2D eigenvalue weighted by Gasteiger charge is 2.18. The number of fused-ring (bicyclic) bond motifs is 1. The van der Waals surface area contributed by atoms with Crippen LogP contribution in [0.1, 0.15) is 16.7 Å². The smallest absolute Gasteiger partial charge is 0.227 e. The molecule has 0 saturated carbocycles. The molecule has 1 aromatic heterocycles. The predicted molar refractivity (Wildman–Crippen MR) is 107 cm³/mol. The van der Waals surface area contributed by atoms with Gasteiger partial charge in [0.1, 0.15) is 5.82 Å². The average Bonchev–Trinajstić information content (AvgIpc) is 2.68. The lowest BCUT2D eigenvalue weighted by Crippen LogP contribution is -2.31. The van der Waals surface area contributed by atoms with Gasteiger partial charge in [0.15, 0.2) is 0 Å². The summed E-state index contributed by atoms with van der Waals surface area (Å²) in [5, 5.41) is 4.17. The maximum absolute atomic E-state index is 6.04. The zero-order chi connectivity index (χ0) is 17.8. The Labute approximate surface area is 158 Å². The van der Waals surface area contributed by atoms with Gasteiger partial charge in [0.25, 0.3) is 0 Å². The van der Waals surface area contributed by atoms with Crippen LogP contribution in [0.2, 0.25) is 5.02 Å². The van der Waals surface area contributed by atoms with Crippen molar-refractivity contribution in [1.82, 2.24) is 9.97 Å². The van der Waals surface area contributed by atoms with Crippen molar-refractivity contribution in [2.45, 2.75) is 19.4 Å². The molecule has 0 amide bonds. The second-order valence-corrected chi connectivity index (χ2v) is 6.93. The Hall–Kier alpha value is -2.59. The van der Waals surface area contributed by atoms with E-state index in [1.807, 2.05) is 30.5 Å². The van der Waals surface area contributed by atoms with Crippen LogP contribution in [0.25, 0.3) is 0 Å². The molecule has 0 saturated heterocycles. The van der Waals surface area contributed by atoms with E-state index in [4.69, 9.17) is 16.6 Å². The number of rotatable bonds is 5. The van der Waals surface area contributed by atoms with E-state index in [1.54, 1.807) is 0 Å². The van der Waals surface area contributed by atoms with Gasteiger partial charge in [-0.15, -0.1) is 0 Å². The zero-order valence-corrected chi connectivity index (χ0v) is 15.3. The van der Waals surface area contributed by atoms with Gasteiger partial charge in [-0.1, -0.05) is 48.0 Å². The Balaban J connectivity index is 1.39. The first-order valence-corrected chi connectivity index (χ1v) is 9.29. The van der Waals surface area contributed by atoms with Crippen molar-refractivity contribution in [3.8, 4) is 0 Å². The summed E-state index contributed by atoms with van der Waals surface area (Å²) < 4.78 is 0. The van der Waals surface area contributed by atoms with Gasteiger partial charge < -0.3 is 10.2 Å². The monoisotopic (exact) mass is 364 g/mol. The lowest BCUT2D eigenvalue weighted by molar-refractivity contribution is 0.708. The van der Waals surface area contributed by atoms with Crippen LogP contribution in [-0.2, 0) is 19.4 Å². The van der Waals surface area contributed by atoms with Gasteiger partial charge in [-0.2, -0.15) is 4.98 Å². The van der Waals surface area contributed by atoms with Crippen molar-refractivity contribution in [3.05, 3.63) is 82.5 Å². The molecule has 132 valence electrons. The molecule has 3 aromatic rings. The summed E-state index contributed by atoms with van der Waals surface area (Å²) in [4.78, 5) is 11.4. The van der Waals surface area contributed by atoms with E-state index in [-0.39, 0.29) is 0 Å². The van der Waals surface area contributed by atoms with Crippen LogP contribution in [0.5, 0.6) is 0 Å². The van der Waals surface area contributed by atoms with Crippen molar-refractivity contribution < 1.29 is 0 Å². The van der Waals surface area contributed by atoms with E-state index in [0.717, 1.165) is 49.3 Å². The molecule has 0 aliphatic carbocycles. The van der Waals surface area contributed by atoms with E-state index in [0.29, 0.717) is 0 Å². The van der Waals surface area contributed by atoms with E-state index < -0.39 is 0 Å². The number of aromatic nitrogens is 2. The van der Waals surface area contributed by atoms with E-state index in [2.05, 4.69) is 45.5 Å². The first-order valence-electron chi connectivity index (χ1n) is 8.91.